The first-order valence-electron chi connectivity index (χ1n) is 9.83. The third-order valence-electron chi connectivity index (χ3n) is 4.45. The monoisotopic (exact) mass is 470 g/mol. The molecule has 0 saturated heterocycles. The van der Waals surface area contributed by atoms with Crippen molar-refractivity contribution in [3.05, 3.63) is 57.6 Å². The molecule has 1 heterocycles. The molecular formula is C23H25Cl3O4. The molecule has 3 rings (SSSR count). The van der Waals surface area contributed by atoms with Crippen molar-refractivity contribution >= 4 is 34.8 Å². The molecule has 0 N–H and O–H groups in total. The van der Waals surface area contributed by atoms with Gasteiger partial charge in [-0.05, 0) is 51.0 Å². The van der Waals surface area contributed by atoms with Crippen molar-refractivity contribution in [2.75, 3.05) is 19.8 Å². The van der Waals surface area contributed by atoms with Crippen LogP contribution in [0.15, 0.2) is 47.0 Å². The predicted molar refractivity (Wildman–Crippen MR) is 122 cm³/mol. The van der Waals surface area contributed by atoms with Gasteiger partial charge in [-0.2, -0.15) is 0 Å². The molecule has 4 nitrogen and oxygen atoms in total. The third kappa shape index (κ3) is 6.90. The fourth-order valence-electron chi connectivity index (χ4n) is 3.18. The Morgan fingerprint density at radius 1 is 1.03 bits per heavy atom. The van der Waals surface area contributed by atoms with Gasteiger partial charge in [0.2, 0.25) is 0 Å². The van der Waals surface area contributed by atoms with Gasteiger partial charge in [-0.25, -0.2) is 0 Å². The van der Waals surface area contributed by atoms with Crippen LogP contribution < -0.4 is 18.9 Å². The van der Waals surface area contributed by atoms with E-state index in [1.807, 2.05) is 12.1 Å². The normalized spacial score (nSPS) is 13.9. The number of halogens is 3. The van der Waals surface area contributed by atoms with Gasteiger partial charge >= 0.3 is 0 Å². The van der Waals surface area contributed by atoms with Crippen molar-refractivity contribution in [3.8, 4) is 23.0 Å². The first-order valence-corrected chi connectivity index (χ1v) is 11.0. The van der Waals surface area contributed by atoms with E-state index in [1.165, 1.54) is 5.56 Å². The van der Waals surface area contributed by atoms with Gasteiger partial charge in [-0.3, -0.25) is 0 Å². The van der Waals surface area contributed by atoms with Crippen LogP contribution in [0.25, 0.3) is 0 Å². The molecule has 0 unspecified atom stereocenters. The second-order valence-electron chi connectivity index (χ2n) is 7.61. The Hall–Kier alpha value is -1.75. The molecule has 1 aliphatic rings. The summed E-state index contributed by atoms with van der Waals surface area (Å²) >= 11 is 17.3. The molecule has 0 aliphatic carbocycles. The number of hydrogen-bond acceptors (Lipinski definition) is 4. The minimum Gasteiger partial charge on any atom is -0.493 e. The molecule has 0 bridgehead atoms. The Labute approximate surface area is 192 Å². The van der Waals surface area contributed by atoms with E-state index in [9.17, 15) is 0 Å². The average molecular weight is 472 g/mol. The number of benzene rings is 2. The van der Waals surface area contributed by atoms with Gasteiger partial charge in [0.05, 0.1) is 13.2 Å². The van der Waals surface area contributed by atoms with Gasteiger partial charge in [-0.1, -0.05) is 46.9 Å². The van der Waals surface area contributed by atoms with Crippen molar-refractivity contribution in [3.63, 3.8) is 0 Å². The van der Waals surface area contributed by atoms with Crippen molar-refractivity contribution in [1.29, 1.82) is 0 Å². The molecule has 1 aliphatic heterocycles. The van der Waals surface area contributed by atoms with Crippen LogP contribution in [0.3, 0.4) is 0 Å². The van der Waals surface area contributed by atoms with E-state index in [-0.39, 0.29) is 16.7 Å². The number of ether oxygens (including phenoxy) is 4. The Bertz CT molecular complexity index is 892. The summed E-state index contributed by atoms with van der Waals surface area (Å²) in [6, 6.07) is 11.3. The van der Waals surface area contributed by atoms with E-state index in [0.717, 1.165) is 30.8 Å². The predicted octanol–water partition coefficient (Wildman–Crippen LogP) is 6.99. The summed E-state index contributed by atoms with van der Waals surface area (Å²) in [7, 11) is 0. The maximum Gasteiger partial charge on any atom is 0.165 e. The Kier molecular flexibility index (Phi) is 8.04. The zero-order chi connectivity index (χ0) is 21.6. The molecule has 0 fully saturated rings. The fourth-order valence-corrected chi connectivity index (χ4v) is 3.52. The molecule has 0 spiro atoms. The zero-order valence-corrected chi connectivity index (χ0v) is 19.3. The first-order chi connectivity index (χ1) is 14.3. The molecule has 7 heteroatoms. The Balaban J connectivity index is 1.41. The van der Waals surface area contributed by atoms with E-state index in [2.05, 4.69) is 19.9 Å². The number of unbranched alkanes of at least 4 members (excludes halogenated alkanes) is 1. The Morgan fingerprint density at radius 3 is 2.47 bits per heavy atom. The highest BCUT2D eigenvalue weighted by Gasteiger charge is 2.32. The molecule has 30 heavy (non-hydrogen) atoms. The molecule has 0 amide bonds. The van der Waals surface area contributed by atoms with Gasteiger partial charge in [0.25, 0.3) is 0 Å². The second-order valence-corrected chi connectivity index (χ2v) is 9.06. The van der Waals surface area contributed by atoms with Crippen molar-refractivity contribution in [2.24, 2.45) is 0 Å². The molecule has 2 aromatic rings. The van der Waals surface area contributed by atoms with Crippen LogP contribution in [0, 0.1) is 0 Å². The van der Waals surface area contributed by atoms with Crippen LogP contribution in [0.5, 0.6) is 23.0 Å². The van der Waals surface area contributed by atoms with Crippen LogP contribution >= 0.6 is 34.8 Å². The fraction of sp³-hybridized carbons (Fsp3) is 0.391. The maximum absolute atomic E-state index is 6.13. The minimum atomic E-state index is -0.179. The van der Waals surface area contributed by atoms with Crippen molar-refractivity contribution < 1.29 is 18.9 Å². The first kappa shape index (κ1) is 22.9. The minimum absolute atomic E-state index is 0.159. The number of rotatable bonds is 10. The van der Waals surface area contributed by atoms with Crippen LogP contribution in [-0.2, 0) is 6.42 Å². The largest absolute Gasteiger partial charge is 0.493 e. The smallest absolute Gasteiger partial charge is 0.165 e. The molecule has 0 atom stereocenters. The van der Waals surface area contributed by atoms with E-state index in [0.29, 0.717) is 29.7 Å². The highest BCUT2D eigenvalue weighted by Crippen LogP contribution is 2.41. The lowest BCUT2D eigenvalue weighted by atomic mass is 10.0. The Morgan fingerprint density at radius 2 is 1.73 bits per heavy atom. The van der Waals surface area contributed by atoms with Gasteiger partial charge in [0.15, 0.2) is 11.5 Å². The lowest BCUT2D eigenvalue weighted by Gasteiger charge is -2.18. The van der Waals surface area contributed by atoms with Crippen LogP contribution in [0.1, 0.15) is 32.3 Å². The summed E-state index contributed by atoms with van der Waals surface area (Å²) in [5, 5.41) is 0.535. The molecule has 0 saturated carbocycles. The molecule has 0 aromatic heterocycles. The van der Waals surface area contributed by atoms with E-state index < -0.39 is 0 Å². The summed E-state index contributed by atoms with van der Waals surface area (Å²) in [5.41, 5.74) is 1.02. The van der Waals surface area contributed by atoms with E-state index in [1.54, 1.807) is 24.3 Å². The van der Waals surface area contributed by atoms with Crippen LogP contribution in [0.4, 0.5) is 0 Å². The van der Waals surface area contributed by atoms with Gasteiger partial charge in [0.1, 0.15) is 28.2 Å². The summed E-state index contributed by atoms with van der Waals surface area (Å²) in [4.78, 5) is 0. The molecule has 0 radical (unpaired) electrons. The van der Waals surface area contributed by atoms with E-state index >= 15 is 0 Å². The summed E-state index contributed by atoms with van der Waals surface area (Å²) in [5.74, 6) is 2.92. The lowest BCUT2D eigenvalue weighted by Crippen LogP contribution is -2.24. The lowest BCUT2D eigenvalue weighted by molar-refractivity contribution is 0.132. The van der Waals surface area contributed by atoms with Crippen LogP contribution in [0.2, 0.25) is 5.02 Å². The topological polar surface area (TPSA) is 36.9 Å². The molecule has 2 aromatic carbocycles. The zero-order valence-electron chi connectivity index (χ0n) is 17.1. The van der Waals surface area contributed by atoms with Crippen molar-refractivity contribution in [2.45, 2.75) is 38.7 Å². The number of hydrogen-bond donors (Lipinski definition) is 0. The van der Waals surface area contributed by atoms with Gasteiger partial charge < -0.3 is 18.9 Å². The molecule has 162 valence electrons. The second kappa shape index (κ2) is 10.5. The van der Waals surface area contributed by atoms with Crippen molar-refractivity contribution in [1.82, 2.24) is 0 Å². The van der Waals surface area contributed by atoms with Gasteiger partial charge in [-0.15, -0.1) is 0 Å². The van der Waals surface area contributed by atoms with E-state index in [4.69, 9.17) is 53.8 Å². The SMILES string of the molecule is CC1(C)Cc2cccc(OCCCCOc3cc(Cl)cc(OCC=C(Cl)Cl)c3)c2O1. The molecular weight excluding hydrogens is 447 g/mol. The highest BCUT2D eigenvalue weighted by atomic mass is 35.5. The standard InChI is InChI=1S/C23H25Cl3O4/c1-23(2)15-16-6-5-7-20(22(16)30-23)29-10-4-3-9-27-18-12-17(24)13-19(14-18)28-11-8-21(25)26/h5-8,12-14H,3-4,9-11,15H2,1-2H3. The maximum atomic E-state index is 6.13. The average Bonchev–Trinajstić information content (AvgIpc) is 2.98. The van der Waals surface area contributed by atoms with Gasteiger partial charge in [0, 0.05) is 23.1 Å². The van der Waals surface area contributed by atoms with Crippen LogP contribution in [-0.4, -0.2) is 25.4 Å². The number of para-hydroxylation sites is 1. The highest BCUT2D eigenvalue weighted by molar-refractivity contribution is 6.55. The summed E-state index contributed by atoms with van der Waals surface area (Å²) < 4.78 is 23.5. The number of fused-ring (bicyclic) bond motifs is 1. The summed E-state index contributed by atoms with van der Waals surface area (Å²) in [6.07, 6.45) is 4.15. The third-order valence-corrected chi connectivity index (χ3v) is 4.98. The quantitative estimate of drug-likeness (QED) is 0.350. The summed E-state index contributed by atoms with van der Waals surface area (Å²) in [6.45, 7) is 5.57.